The molecule has 25 heavy (non-hydrogen) atoms. The minimum Gasteiger partial charge on any atom is -0.392 e. The Morgan fingerprint density at radius 1 is 1.16 bits per heavy atom. The molecule has 3 aromatic rings. The molecule has 1 amide bonds. The summed E-state index contributed by atoms with van der Waals surface area (Å²) in [4.78, 5) is 16.8. The lowest BCUT2D eigenvalue weighted by molar-refractivity contribution is 0.102. The summed E-state index contributed by atoms with van der Waals surface area (Å²) in [7, 11) is 0. The number of nitrogens with zero attached hydrogens (tertiary/aromatic N) is 3. The summed E-state index contributed by atoms with van der Waals surface area (Å²) >= 11 is 0. The Hall–Kier alpha value is -2.99. The summed E-state index contributed by atoms with van der Waals surface area (Å²) < 4.78 is 1.74. The van der Waals surface area contributed by atoms with E-state index in [1.807, 2.05) is 39.0 Å². The number of hydrogen-bond acceptors (Lipinski definition) is 4. The van der Waals surface area contributed by atoms with Crippen LogP contribution in [0.4, 0.5) is 5.69 Å². The number of nitrogens with one attached hydrogen (secondary N) is 1. The predicted molar refractivity (Wildman–Crippen MR) is 95.9 cm³/mol. The molecule has 6 nitrogen and oxygen atoms in total. The second-order valence-electron chi connectivity index (χ2n) is 6.01. The lowest BCUT2D eigenvalue weighted by atomic mass is 10.1. The van der Waals surface area contributed by atoms with Gasteiger partial charge in [0.15, 0.2) is 5.82 Å². The number of carbonyl (C=O) groups excluding carboxylic acids is 1. The molecule has 0 fully saturated rings. The Kier molecular flexibility index (Phi) is 4.63. The van der Waals surface area contributed by atoms with Gasteiger partial charge in [-0.2, -0.15) is 5.10 Å². The van der Waals surface area contributed by atoms with E-state index in [-0.39, 0.29) is 12.5 Å². The SMILES string of the molecule is Cc1cc(C)n(-c2ccc(C(=O)Nc3cc(CO)ccc3C)cn2)n1. The van der Waals surface area contributed by atoms with Crippen molar-refractivity contribution in [1.82, 2.24) is 14.8 Å². The molecule has 0 spiro atoms. The van der Waals surface area contributed by atoms with Gasteiger partial charge in [0.25, 0.3) is 5.91 Å². The molecule has 0 bridgehead atoms. The first-order valence-corrected chi connectivity index (χ1v) is 7.99. The van der Waals surface area contributed by atoms with Gasteiger partial charge in [0, 0.05) is 17.6 Å². The van der Waals surface area contributed by atoms with Crippen molar-refractivity contribution in [2.24, 2.45) is 0 Å². The second kappa shape index (κ2) is 6.86. The van der Waals surface area contributed by atoms with E-state index in [9.17, 15) is 9.90 Å². The first-order valence-electron chi connectivity index (χ1n) is 7.99. The van der Waals surface area contributed by atoms with Crippen LogP contribution in [0.2, 0.25) is 0 Å². The quantitative estimate of drug-likeness (QED) is 0.768. The number of aryl methyl sites for hydroxylation is 3. The van der Waals surface area contributed by atoms with E-state index >= 15 is 0 Å². The lowest BCUT2D eigenvalue weighted by Gasteiger charge is -2.10. The van der Waals surface area contributed by atoms with E-state index in [2.05, 4.69) is 15.4 Å². The zero-order valence-electron chi connectivity index (χ0n) is 14.4. The van der Waals surface area contributed by atoms with Gasteiger partial charge in [0.05, 0.1) is 17.9 Å². The van der Waals surface area contributed by atoms with Gasteiger partial charge in [-0.05, 0) is 56.2 Å². The topological polar surface area (TPSA) is 80.0 Å². The van der Waals surface area contributed by atoms with Crippen LogP contribution in [0.25, 0.3) is 5.82 Å². The molecule has 2 aromatic heterocycles. The standard InChI is InChI=1S/C19H20N4O2/c1-12-4-5-15(11-24)9-17(12)21-19(25)16-6-7-18(20-10-16)23-14(3)8-13(2)22-23/h4-10,24H,11H2,1-3H3,(H,21,25). The molecular weight excluding hydrogens is 316 g/mol. The molecule has 0 radical (unpaired) electrons. The van der Waals surface area contributed by atoms with Crippen LogP contribution in [0.15, 0.2) is 42.6 Å². The fourth-order valence-electron chi connectivity index (χ4n) is 2.60. The van der Waals surface area contributed by atoms with E-state index < -0.39 is 0 Å². The fraction of sp³-hybridized carbons (Fsp3) is 0.211. The van der Waals surface area contributed by atoms with Crippen molar-refractivity contribution in [2.75, 3.05) is 5.32 Å². The van der Waals surface area contributed by atoms with Gasteiger partial charge in [-0.15, -0.1) is 0 Å². The van der Waals surface area contributed by atoms with E-state index in [0.29, 0.717) is 17.1 Å². The van der Waals surface area contributed by atoms with E-state index in [0.717, 1.165) is 22.5 Å². The van der Waals surface area contributed by atoms with Crippen LogP contribution in [-0.4, -0.2) is 25.8 Å². The van der Waals surface area contributed by atoms with Crippen LogP contribution in [-0.2, 0) is 6.61 Å². The number of amides is 1. The number of rotatable bonds is 4. The molecule has 0 aliphatic carbocycles. The van der Waals surface area contributed by atoms with Crippen LogP contribution in [0.1, 0.15) is 32.9 Å². The highest BCUT2D eigenvalue weighted by Gasteiger charge is 2.11. The van der Waals surface area contributed by atoms with Crippen LogP contribution < -0.4 is 5.32 Å². The average molecular weight is 336 g/mol. The van der Waals surface area contributed by atoms with Crippen LogP contribution >= 0.6 is 0 Å². The molecule has 3 rings (SSSR count). The van der Waals surface area contributed by atoms with Crippen molar-refractivity contribution < 1.29 is 9.90 Å². The summed E-state index contributed by atoms with van der Waals surface area (Å²) in [6, 6.07) is 10.9. The van der Waals surface area contributed by atoms with Crippen molar-refractivity contribution in [2.45, 2.75) is 27.4 Å². The Morgan fingerprint density at radius 2 is 1.96 bits per heavy atom. The molecule has 0 saturated carbocycles. The zero-order chi connectivity index (χ0) is 18.0. The van der Waals surface area contributed by atoms with Gasteiger partial charge < -0.3 is 10.4 Å². The smallest absolute Gasteiger partial charge is 0.257 e. The summed E-state index contributed by atoms with van der Waals surface area (Å²) in [5.74, 6) is 0.422. The Bertz CT molecular complexity index is 914. The summed E-state index contributed by atoms with van der Waals surface area (Å²) in [6.07, 6.45) is 1.53. The number of benzene rings is 1. The molecule has 0 saturated heterocycles. The third-order valence-electron chi connectivity index (χ3n) is 3.97. The highest BCUT2D eigenvalue weighted by molar-refractivity contribution is 6.04. The monoisotopic (exact) mass is 336 g/mol. The van der Waals surface area contributed by atoms with Gasteiger partial charge in [0.1, 0.15) is 0 Å². The summed E-state index contributed by atoms with van der Waals surface area (Å²) in [5, 5.41) is 16.5. The van der Waals surface area contributed by atoms with Gasteiger partial charge in [0.2, 0.25) is 0 Å². The maximum Gasteiger partial charge on any atom is 0.257 e. The second-order valence-corrected chi connectivity index (χ2v) is 6.01. The normalized spacial score (nSPS) is 10.7. The minimum atomic E-state index is -0.245. The molecule has 128 valence electrons. The van der Waals surface area contributed by atoms with Crippen molar-refractivity contribution in [3.05, 3.63) is 70.7 Å². The van der Waals surface area contributed by atoms with E-state index in [1.54, 1.807) is 22.9 Å². The van der Waals surface area contributed by atoms with Gasteiger partial charge in [-0.3, -0.25) is 4.79 Å². The Morgan fingerprint density at radius 3 is 2.56 bits per heavy atom. The number of aromatic nitrogens is 3. The molecule has 0 aliphatic heterocycles. The molecule has 1 aromatic carbocycles. The zero-order valence-corrected chi connectivity index (χ0v) is 14.4. The largest absolute Gasteiger partial charge is 0.392 e. The Labute approximate surface area is 146 Å². The number of aliphatic hydroxyl groups excluding tert-OH is 1. The lowest BCUT2D eigenvalue weighted by Crippen LogP contribution is -2.14. The molecule has 2 N–H and O–H groups in total. The number of pyridine rings is 1. The van der Waals surface area contributed by atoms with Crippen molar-refractivity contribution in [3.63, 3.8) is 0 Å². The van der Waals surface area contributed by atoms with Crippen molar-refractivity contribution in [1.29, 1.82) is 0 Å². The Balaban J connectivity index is 1.80. The number of carbonyl (C=O) groups is 1. The third-order valence-corrected chi connectivity index (χ3v) is 3.97. The summed E-state index contributed by atoms with van der Waals surface area (Å²) in [6.45, 7) is 5.72. The van der Waals surface area contributed by atoms with E-state index in [4.69, 9.17) is 0 Å². The number of anilines is 1. The highest BCUT2D eigenvalue weighted by atomic mass is 16.3. The van der Waals surface area contributed by atoms with Crippen LogP contribution in [0.5, 0.6) is 0 Å². The first kappa shape index (κ1) is 16.9. The van der Waals surface area contributed by atoms with Gasteiger partial charge in [-0.1, -0.05) is 12.1 Å². The predicted octanol–water partition coefficient (Wildman–Crippen LogP) is 2.94. The molecule has 2 heterocycles. The van der Waals surface area contributed by atoms with E-state index in [1.165, 1.54) is 6.20 Å². The van der Waals surface area contributed by atoms with Crippen LogP contribution in [0.3, 0.4) is 0 Å². The van der Waals surface area contributed by atoms with Crippen LogP contribution in [0, 0.1) is 20.8 Å². The number of hydrogen-bond donors (Lipinski definition) is 2. The fourth-order valence-corrected chi connectivity index (χ4v) is 2.60. The molecule has 0 unspecified atom stereocenters. The molecular formula is C19H20N4O2. The maximum absolute atomic E-state index is 12.4. The van der Waals surface area contributed by atoms with Crippen molar-refractivity contribution in [3.8, 4) is 5.82 Å². The minimum absolute atomic E-state index is 0.0674. The third kappa shape index (κ3) is 3.59. The highest BCUT2D eigenvalue weighted by Crippen LogP contribution is 2.18. The molecule has 0 atom stereocenters. The van der Waals surface area contributed by atoms with Crippen molar-refractivity contribution >= 4 is 11.6 Å². The first-order chi connectivity index (χ1) is 12.0. The molecule has 6 heteroatoms. The number of aliphatic hydroxyl groups is 1. The maximum atomic E-state index is 12.4. The van der Waals surface area contributed by atoms with Gasteiger partial charge in [-0.25, -0.2) is 9.67 Å². The van der Waals surface area contributed by atoms with Gasteiger partial charge >= 0.3 is 0 Å². The average Bonchev–Trinajstić information content (AvgIpc) is 2.95. The summed E-state index contributed by atoms with van der Waals surface area (Å²) in [5.41, 5.74) is 4.72. The molecule has 0 aliphatic rings.